The van der Waals surface area contributed by atoms with Gasteiger partial charge in [-0.15, -0.1) is 0 Å². The zero-order valence-electron chi connectivity index (χ0n) is 12.4. The number of anilines is 1. The summed E-state index contributed by atoms with van der Waals surface area (Å²) < 4.78 is 23.1. The number of methoxy groups -OCH3 is 1. The van der Waals surface area contributed by atoms with Crippen LogP contribution in [-0.4, -0.2) is 25.6 Å². The summed E-state index contributed by atoms with van der Waals surface area (Å²) in [6, 6.07) is 8.37. The molecule has 0 aliphatic carbocycles. The van der Waals surface area contributed by atoms with Gasteiger partial charge in [-0.3, -0.25) is 4.79 Å². The van der Waals surface area contributed by atoms with Gasteiger partial charge in [0.2, 0.25) is 0 Å². The molecule has 0 bridgehead atoms. The largest absolute Gasteiger partial charge is 0.482 e. The Kier molecular flexibility index (Phi) is 6.00. The van der Waals surface area contributed by atoms with Crippen LogP contribution in [0.5, 0.6) is 5.75 Å². The minimum atomic E-state index is -0.738. The first-order valence-electron chi connectivity index (χ1n) is 6.66. The summed E-state index contributed by atoms with van der Waals surface area (Å²) in [6.07, 6.45) is 0. The second-order valence-electron chi connectivity index (χ2n) is 4.59. The highest BCUT2D eigenvalue weighted by atomic mass is 35.5. The molecule has 0 aliphatic heterocycles. The summed E-state index contributed by atoms with van der Waals surface area (Å²) in [4.78, 5) is 23.1. The zero-order chi connectivity index (χ0) is 17.7. The van der Waals surface area contributed by atoms with Gasteiger partial charge < -0.3 is 14.8 Å². The predicted molar refractivity (Wildman–Crippen MR) is 88.3 cm³/mol. The predicted octanol–water partition coefficient (Wildman–Crippen LogP) is 3.94. The van der Waals surface area contributed by atoms with Gasteiger partial charge >= 0.3 is 5.97 Å². The smallest absolute Gasteiger partial charge is 0.343 e. The summed E-state index contributed by atoms with van der Waals surface area (Å²) in [5, 5.41) is 2.44. The molecule has 24 heavy (non-hydrogen) atoms. The average molecular weight is 372 g/mol. The Hall–Kier alpha value is -2.31. The number of hydrogen-bond donors (Lipinski definition) is 1. The van der Waals surface area contributed by atoms with Crippen molar-refractivity contribution in [3.63, 3.8) is 0 Å². The number of rotatable bonds is 5. The van der Waals surface area contributed by atoms with Crippen LogP contribution in [0.4, 0.5) is 10.1 Å². The van der Waals surface area contributed by atoms with Crippen molar-refractivity contribution in [2.75, 3.05) is 19.0 Å². The molecule has 126 valence electrons. The molecule has 1 N–H and O–H groups in total. The van der Waals surface area contributed by atoms with Crippen molar-refractivity contribution in [3.8, 4) is 5.75 Å². The number of hydrogen-bond acceptors (Lipinski definition) is 4. The van der Waals surface area contributed by atoms with E-state index in [4.69, 9.17) is 27.9 Å². The first kappa shape index (κ1) is 18.0. The second-order valence-corrected chi connectivity index (χ2v) is 5.40. The molecule has 0 unspecified atom stereocenters. The SMILES string of the molecule is COC(=O)COc1ccc(NC(=O)c2cc(F)c(Cl)cc2Cl)cc1. The lowest BCUT2D eigenvalue weighted by Crippen LogP contribution is -2.13. The lowest BCUT2D eigenvalue weighted by molar-refractivity contribution is -0.142. The van der Waals surface area contributed by atoms with E-state index in [0.717, 1.165) is 12.1 Å². The fourth-order valence-electron chi connectivity index (χ4n) is 1.73. The van der Waals surface area contributed by atoms with Crippen LogP contribution in [0.3, 0.4) is 0 Å². The Labute approximate surface area is 147 Å². The second kappa shape index (κ2) is 7.99. The molecule has 0 radical (unpaired) electrons. The molecule has 5 nitrogen and oxygen atoms in total. The molecule has 2 rings (SSSR count). The van der Waals surface area contributed by atoms with E-state index in [9.17, 15) is 14.0 Å². The van der Waals surface area contributed by atoms with Gasteiger partial charge in [-0.05, 0) is 36.4 Å². The Morgan fingerprint density at radius 1 is 1.12 bits per heavy atom. The molecule has 0 saturated carbocycles. The van der Waals surface area contributed by atoms with E-state index < -0.39 is 17.7 Å². The van der Waals surface area contributed by atoms with Gasteiger partial charge in [0.05, 0.1) is 22.7 Å². The fraction of sp³-hybridized carbons (Fsp3) is 0.125. The molecule has 0 aliphatic rings. The van der Waals surface area contributed by atoms with Gasteiger partial charge in [0.1, 0.15) is 11.6 Å². The summed E-state index contributed by atoms with van der Waals surface area (Å²) >= 11 is 11.5. The molecule has 0 spiro atoms. The lowest BCUT2D eigenvalue weighted by Gasteiger charge is -2.09. The molecule has 0 aromatic heterocycles. The normalized spacial score (nSPS) is 10.2. The number of carbonyl (C=O) groups excluding carboxylic acids is 2. The maximum absolute atomic E-state index is 13.5. The third kappa shape index (κ3) is 4.59. The molecule has 8 heteroatoms. The average Bonchev–Trinajstić information content (AvgIpc) is 2.57. The van der Waals surface area contributed by atoms with E-state index in [-0.39, 0.29) is 22.2 Å². The molecule has 0 atom stereocenters. The van der Waals surface area contributed by atoms with Gasteiger partial charge in [0, 0.05) is 5.69 Å². The maximum atomic E-state index is 13.5. The maximum Gasteiger partial charge on any atom is 0.343 e. The first-order valence-corrected chi connectivity index (χ1v) is 7.42. The van der Waals surface area contributed by atoms with Crippen LogP contribution >= 0.6 is 23.2 Å². The van der Waals surface area contributed by atoms with Crippen molar-refractivity contribution >= 4 is 40.8 Å². The number of benzene rings is 2. The van der Waals surface area contributed by atoms with Gasteiger partial charge in [0.25, 0.3) is 5.91 Å². The van der Waals surface area contributed by atoms with E-state index >= 15 is 0 Å². The van der Waals surface area contributed by atoms with Crippen LogP contribution in [0.25, 0.3) is 0 Å². The van der Waals surface area contributed by atoms with Crippen LogP contribution < -0.4 is 10.1 Å². The molecular formula is C16H12Cl2FNO4. The van der Waals surface area contributed by atoms with Crippen molar-refractivity contribution in [1.82, 2.24) is 0 Å². The van der Waals surface area contributed by atoms with Gasteiger partial charge in [-0.2, -0.15) is 0 Å². The summed E-state index contributed by atoms with van der Waals surface area (Å²) in [5.74, 6) is -1.41. The van der Waals surface area contributed by atoms with Crippen molar-refractivity contribution in [3.05, 3.63) is 57.8 Å². The highest BCUT2D eigenvalue weighted by Gasteiger charge is 2.14. The number of nitrogens with one attached hydrogen (secondary N) is 1. The fourth-order valence-corrected chi connectivity index (χ4v) is 2.20. The molecule has 2 aromatic rings. The summed E-state index contributed by atoms with van der Waals surface area (Å²) in [7, 11) is 1.26. The number of esters is 1. The first-order chi connectivity index (χ1) is 11.4. The van der Waals surface area contributed by atoms with Crippen molar-refractivity contribution in [2.24, 2.45) is 0 Å². The molecule has 2 aromatic carbocycles. The lowest BCUT2D eigenvalue weighted by atomic mass is 10.2. The van der Waals surface area contributed by atoms with Crippen molar-refractivity contribution in [2.45, 2.75) is 0 Å². The number of halogens is 3. The van der Waals surface area contributed by atoms with E-state index in [1.165, 1.54) is 7.11 Å². The molecular weight excluding hydrogens is 360 g/mol. The molecule has 0 saturated heterocycles. The van der Waals surface area contributed by atoms with Crippen molar-refractivity contribution in [1.29, 1.82) is 0 Å². The number of ether oxygens (including phenoxy) is 2. The zero-order valence-corrected chi connectivity index (χ0v) is 13.9. The van der Waals surface area contributed by atoms with Crippen LogP contribution in [0, 0.1) is 5.82 Å². The minimum absolute atomic E-state index is 0.0374. The van der Waals surface area contributed by atoms with E-state index in [1.807, 2.05) is 0 Å². The Balaban J connectivity index is 2.04. The Morgan fingerprint density at radius 2 is 1.79 bits per heavy atom. The topological polar surface area (TPSA) is 64.6 Å². The van der Waals surface area contributed by atoms with Gasteiger partial charge in [-0.25, -0.2) is 9.18 Å². The Bertz CT molecular complexity index is 765. The van der Waals surface area contributed by atoms with Crippen LogP contribution in [0.2, 0.25) is 10.0 Å². The van der Waals surface area contributed by atoms with Crippen LogP contribution in [0.15, 0.2) is 36.4 Å². The van der Waals surface area contributed by atoms with E-state index in [0.29, 0.717) is 11.4 Å². The Morgan fingerprint density at radius 3 is 2.42 bits per heavy atom. The molecule has 0 fully saturated rings. The number of carbonyl (C=O) groups is 2. The third-order valence-electron chi connectivity index (χ3n) is 2.95. The molecule has 1 amide bonds. The highest BCUT2D eigenvalue weighted by Crippen LogP contribution is 2.25. The van der Waals surface area contributed by atoms with Crippen LogP contribution in [0.1, 0.15) is 10.4 Å². The standard InChI is InChI=1S/C16H12Cl2FNO4/c1-23-15(21)8-24-10-4-2-9(3-5-10)20-16(22)11-6-14(19)13(18)7-12(11)17/h2-7H,8H2,1H3,(H,20,22). The summed E-state index contributed by atoms with van der Waals surface area (Å²) in [5.41, 5.74) is 0.404. The molecule has 0 heterocycles. The third-order valence-corrected chi connectivity index (χ3v) is 3.55. The van der Waals surface area contributed by atoms with Crippen LogP contribution in [-0.2, 0) is 9.53 Å². The minimum Gasteiger partial charge on any atom is -0.482 e. The highest BCUT2D eigenvalue weighted by molar-refractivity contribution is 6.37. The van der Waals surface area contributed by atoms with E-state index in [2.05, 4.69) is 10.1 Å². The van der Waals surface area contributed by atoms with Crippen molar-refractivity contribution < 1.29 is 23.5 Å². The van der Waals surface area contributed by atoms with Gasteiger partial charge in [-0.1, -0.05) is 23.2 Å². The summed E-state index contributed by atoms with van der Waals surface area (Å²) in [6.45, 7) is -0.220. The monoisotopic (exact) mass is 371 g/mol. The van der Waals surface area contributed by atoms with Gasteiger partial charge in [0.15, 0.2) is 6.61 Å². The van der Waals surface area contributed by atoms with E-state index in [1.54, 1.807) is 24.3 Å². The quantitative estimate of drug-likeness (QED) is 0.638. The number of amides is 1.